The molecule has 0 bridgehead atoms. The second kappa shape index (κ2) is 3.20. The van der Waals surface area contributed by atoms with Crippen molar-refractivity contribution in [1.29, 1.82) is 0 Å². The van der Waals surface area contributed by atoms with Gasteiger partial charge < -0.3 is 5.73 Å². The van der Waals surface area contributed by atoms with Gasteiger partial charge in [0.25, 0.3) is 0 Å². The van der Waals surface area contributed by atoms with Crippen molar-refractivity contribution in [1.82, 2.24) is 4.98 Å². The van der Waals surface area contributed by atoms with Gasteiger partial charge in [0.2, 0.25) is 0 Å². The van der Waals surface area contributed by atoms with Crippen molar-refractivity contribution in [2.24, 2.45) is 5.73 Å². The molecule has 2 N–H and O–H groups in total. The van der Waals surface area contributed by atoms with Crippen LogP contribution in [0.15, 0.2) is 12.3 Å². The van der Waals surface area contributed by atoms with Crippen molar-refractivity contribution in [3.63, 3.8) is 0 Å². The van der Waals surface area contributed by atoms with Gasteiger partial charge >= 0.3 is 0 Å². The predicted octanol–water partition coefficient (Wildman–Crippen LogP) is 2.06. The Morgan fingerprint density at radius 3 is 2.73 bits per heavy atom. The van der Waals surface area contributed by atoms with Gasteiger partial charge in [-0.05, 0) is 25.5 Å². The monoisotopic (exact) mass is 170 g/mol. The van der Waals surface area contributed by atoms with Crippen molar-refractivity contribution in [2.45, 2.75) is 19.9 Å². The van der Waals surface area contributed by atoms with E-state index < -0.39 is 0 Å². The highest BCUT2D eigenvalue weighted by atomic mass is 35.5. The smallest absolute Gasteiger partial charge is 0.0621 e. The molecular formula is C8H11ClN2. The molecule has 1 aromatic rings. The van der Waals surface area contributed by atoms with Gasteiger partial charge in [0.15, 0.2) is 0 Å². The van der Waals surface area contributed by atoms with Gasteiger partial charge in [0, 0.05) is 12.2 Å². The summed E-state index contributed by atoms with van der Waals surface area (Å²) in [6.45, 7) is 3.77. The molecule has 0 fully saturated rings. The van der Waals surface area contributed by atoms with Crippen LogP contribution in [0.5, 0.6) is 0 Å². The first-order chi connectivity index (χ1) is 5.11. The van der Waals surface area contributed by atoms with Crippen molar-refractivity contribution in [2.75, 3.05) is 0 Å². The lowest BCUT2D eigenvalue weighted by atomic mass is 10.1. The minimum atomic E-state index is 0.000556. The number of aryl methyl sites for hydroxylation is 1. The molecule has 0 amide bonds. The second-order valence-corrected chi connectivity index (χ2v) is 3.03. The zero-order valence-corrected chi connectivity index (χ0v) is 7.39. The molecule has 1 aromatic heterocycles. The summed E-state index contributed by atoms with van der Waals surface area (Å²) in [6.07, 6.45) is 1.76. The average Bonchev–Trinajstić information content (AvgIpc) is 1.94. The normalized spacial score (nSPS) is 13.1. The highest BCUT2D eigenvalue weighted by molar-refractivity contribution is 6.31. The molecule has 1 atom stereocenters. The van der Waals surface area contributed by atoms with E-state index in [1.165, 1.54) is 0 Å². The van der Waals surface area contributed by atoms with Crippen molar-refractivity contribution >= 4 is 11.6 Å². The Balaban J connectivity index is 3.05. The van der Waals surface area contributed by atoms with E-state index in [2.05, 4.69) is 4.98 Å². The fourth-order valence-electron chi connectivity index (χ4n) is 0.770. The van der Waals surface area contributed by atoms with E-state index in [1.807, 2.05) is 19.9 Å². The van der Waals surface area contributed by atoms with E-state index in [9.17, 15) is 0 Å². The average molecular weight is 171 g/mol. The lowest BCUT2D eigenvalue weighted by molar-refractivity contribution is 0.810. The van der Waals surface area contributed by atoms with Crippen LogP contribution in [-0.2, 0) is 0 Å². The Morgan fingerprint density at radius 2 is 2.27 bits per heavy atom. The summed E-state index contributed by atoms with van der Waals surface area (Å²) in [5.41, 5.74) is 7.45. The van der Waals surface area contributed by atoms with Gasteiger partial charge in [-0.25, -0.2) is 0 Å². The Labute approximate surface area is 71.4 Å². The van der Waals surface area contributed by atoms with E-state index >= 15 is 0 Å². The minimum absolute atomic E-state index is 0.000556. The highest BCUT2D eigenvalue weighted by Gasteiger charge is 2.02. The first-order valence-electron chi connectivity index (χ1n) is 3.49. The van der Waals surface area contributed by atoms with Gasteiger partial charge in [0.1, 0.15) is 0 Å². The highest BCUT2D eigenvalue weighted by Crippen LogP contribution is 2.17. The maximum atomic E-state index is 5.84. The largest absolute Gasteiger partial charge is 0.324 e. The van der Waals surface area contributed by atoms with Gasteiger partial charge in [-0.2, -0.15) is 0 Å². The number of pyridine rings is 1. The lowest BCUT2D eigenvalue weighted by Gasteiger charge is -2.05. The van der Waals surface area contributed by atoms with Gasteiger partial charge in [-0.3, -0.25) is 4.98 Å². The number of nitrogens with two attached hydrogens (primary N) is 1. The molecule has 0 aliphatic carbocycles. The number of hydrogen-bond acceptors (Lipinski definition) is 2. The number of halogens is 1. The standard InChI is InChI=1S/C8H11ClN2/c1-5(10)7-3-8(9)6(2)11-4-7/h3-5H,10H2,1-2H3/t5-/m1/s1. The number of nitrogens with zero attached hydrogens (tertiary/aromatic N) is 1. The van der Waals surface area contributed by atoms with Crippen LogP contribution in [0.4, 0.5) is 0 Å². The summed E-state index contributed by atoms with van der Waals surface area (Å²) >= 11 is 5.84. The van der Waals surface area contributed by atoms with E-state index in [1.54, 1.807) is 6.20 Å². The topological polar surface area (TPSA) is 38.9 Å². The molecule has 0 saturated carbocycles. The van der Waals surface area contributed by atoms with Gasteiger partial charge in [0.05, 0.1) is 10.7 Å². The summed E-state index contributed by atoms with van der Waals surface area (Å²) in [6, 6.07) is 1.86. The van der Waals surface area contributed by atoms with E-state index in [0.29, 0.717) is 5.02 Å². The van der Waals surface area contributed by atoms with Crippen LogP contribution in [0.2, 0.25) is 5.02 Å². The van der Waals surface area contributed by atoms with Crippen molar-refractivity contribution in [3.8, 4) is 0 Å². The number of rotatable bonds is 1. The molecule has 0 saturated heterocycles. The van der Waals surface area contributed by atoms with Crippen LogP contribution in [0.1, 0.15) is 24.2 Å². The first kappa shape index (κ1) is 8.50. The van der Waals surface area contributed by atoms with E-state index in [0.717, 1.165) is 11.3 Å². The van der Waals surface area contributed by atoms with Gasteiger partial charge in [-0.1, -0.05) is 11.6 Å². The third-order valence-electron chi connectivity index (χ3n) is 1.57. The van der Waals surface area contributed by atoms with Crippen LogP contribution >= 0.6 is 11.6 Å². The minimum Gasteiger partial charge on any atom is -0.324 e. The Bertz CT molecular complexity index is 258. The molecule has 0 unspecified atom stereocenters. The van der Waals surface area contributed by atoms with Gasteiger partial charge in [-0.15, -0.1) is 0 Å². The quantitative estimate of drug-likeness (QED) is 0.701. The third kappa shape index (κ3) is 1.91. The lowest BCUT2D eigenvalue weighted by Crippen LogP contribution is -2.05. The van der Waals surface area contributed by atoms with Crippen LogP contribution in [-0.4, -0.2) is 4.98 Å². The molecule has 1 rings (SSSR count). The third-order valence-corrected chi connectivity index (χ3v) is 1.95. The molecule has 0 radical (unpaired) electrons. The maximum absolute atomic E-state index is 5.84. The fourth-order valence-corrected chi connectivity index (χ4v) is 0.945. The molecule has 0 spiro atoms. The molecule has 1 heterocycles. The molecular weight excluding hydrogens is 160 g/mol. The number of hydrogen-bond donors (Lipinski definition) is 1. The zero-order valence-electron chi connectivity index (χ0n) is 6.63. The molecule has 2 nitrogen and oxygen atoms in total. The summed E-state index contributed by atoms with van der Waals surface area (Å²) in [5.74, 6) is 0. The molecule has 0 aromatic carbocycles. The van der Waals surface area contributed by atoms with E-state index in [-0.39, 0.29) is 6.04 Å². The van der Waals surface area contributed by atoms with Crippen LogP contribution in [0.25, 0.3) is 0 Å². The Kier molecular flexibility index (Phi) is 2.47. The molecule has 0 aliphatic heterocycles. The van der Waals surface area contributed by atoms with Crippen molar-refractivity contribution in [3.05, 3.63) is 28.5 Å². The van der Waals surface area contributed by atoms with E-state index in [4.69, 9.17) is 17.3 Å². The number of aromatic nitrogens is 1. The summed E-state index contributed by atoms with van der Waals surface area (Å²) in [5, 5.41) is 0.680. The Hall–Kier alpha value is -0.600. The summed E-state index contributed by atoms with van der Waals surface area (Å²) in [4.78, 5) is 4.09. The van der Waals surface area contributed by atoms with Crippen LogP contribution in [0, 0.1) is 6.92 Å². The fraction of sp³-hybridized carbons (Fsp3) is 0.375. The Morgan fingerprint density at radius 1 is 1.64 bits per heavy atom. The molecule has 0 aliphatic rings. The zero-order chi connectivity index (χ0) is 8.43. The summed E-state index contributed by atoms with van der Waals surface area (Å²) in [7, 11) is 0. The summed E-state index contributed by atoms with van der Waals surface area (Å²) < 4.78 is 0. The molecule has 3 heteroatoms. The van der Waals surface area contributed by atoms with Crippen LogP contribution in [0.3, 0.4) is 0 Å². The molecule has 60 valence electrons. The molecule has 11 heavy (non-hydrogen) atoms. The predicted molar refractivity (Wildman–Crippen MR) is 46.6 cm³/mol. The first-order valence-corrected chi connectivity index (χ1v) is 3.86. The maximum Gasteiger partial charge on any atom is 0.0621 e. The SMILES string of the molecule is Cc1ncc([C@@H](C)N)cc1Cl. The second-order valence-electron chi connectivity index (χ2n) is 2.62. The van der Waals surface area contributed by atoms with Crippen LogP contribution < -0.4 is 5.73 Å². The van der Waals surface area contributed by atoms with Crippen molar-refractivity contribution < 1.29 is 0 Å².